The van der Waals surface area contributed by atoms with Crippen LogP contribution in [0.5, 0.6) is 11.5 Å². The summed E-state index contributed by atoms with van der Waals surface area (Å²) in [5.74, 6) is 0.678. The van der Waals surface area contributed by atoms with Gasteiger partial charge in [0, 0.05) is 17.7 Å². The van der Waals surface area contributed by atoms with Gasteiger partial charge < -0.3 is 9.47 Å². The van der Waals surface area contributed by atoms with Gasteiger partial charge in [0.05, 0.1) is 15.1 Å². The molecule has 26 heavy (non-hydrogen) atoms. The summed E-state index contributed by atoms with van der Waals surface area (Å²) in [4.78, 5) is 27.6. The molecule has 1 aliphatic heterocycles. The molecule has 0 saturated carbocycles. The highest BCUT2D eigenvalue weighted by Gasteiger charge is 2.23. The van der Waals surface area contributed by atoms with Crippen molar-refractivity contribution in [3.8, 4) is 11.5 Å². The maximum atomic E-state index is 12.5. The normalized spacial score (nSPS) is 12.8. The summed E-state index contributed by atoms with van der Waals surface area (Å²) < 4.78 is 11.9. The van der Waals surface area contributed by atoms with Crippen LogP contribution in [0.2, 0.25) is 0 Å². The molecule has 3 aromatic rings. The number of carbonyl (C=O) groups is 1. The van der Waals surface area contributed by atoms with Crippen LogP contribution in [0.4, 0.5) is 10.8 Å². The molecular weight excluding hydrogens is 358 g/mol. The first-order valence-electron chi connectivity index (χ1n) is 7.78. The number of nitro groups is 1. The third-order valence-electron chi connectivity index (χ3n) is 3.94. The lowest BCUT2D eigenvalue weighted by Crippen LogP contribution is -2.15. The van der Waals surface area contributed by atoms with E-state index in [0.717, 1.165) is 4.70 Å². The van der Waals surface area contributed by atoms with E-state index in [0.29, 0.717) is 40.9 Å². The summed E-state index contributed by atoms with van der Waals surface area (Å²) in [7, 11) is 0. The topological polar surface area (TPSA) is 104 Å². The Morgan fingerprint density at radius 3 is 2.73 bits per heavy atom. The van der Waals surface area contributed by atoms with Crippen LogP contribution < -0.4 is 14.8 Å². The molecule has 0 unspecified atom stereocenters. The Labute approximate surface area is 151 Å². The van der Waals surface area contributed by atoms with Crippen molar-refractivity contribution >= 4 is 38.3 Å². The van der Waals surface area contributed by atoms with Gasteiger partial charge in [-0.15, -0.1) is 0 Å². The van der Waals surface area contributed by atoms with E-state index >= 15 is 0 Å². The van der Waals surface area contributed by atoms with E-state index in [4.69, 9.17) is 9.47 Å². The van der Waals surface area contributed by atoms with Crippen LogP contribution in [0.1, 0.15) is 15.9 Å². The minimum atomic E-state index is -0.572. The Bertz CT molecular complexity index is 1000. The van der Waals surface area contributed by atoms with Crippen LogP contribution in [0.25, 0.3) is 10.2 Å². The van der Waals surface area contributed by atoms with Crippen molar-refractivity contribution in [2.45, 2.75) is 6.92 Å². The summed E-state index contributed by atoms with van der Waals surface area (Å²) in [5.41, 5.74) is 0.880. The second kappa shape index (κ2) is 6.26. The number of nitrogens with one attached hydrogen (secondary N) is 1. The van der Waals surface area contributed by atoms with Gasteiger partial charge in [-0.1, -0.05) is 23.5 Å². The number of aryl methyl sites for hydroxylation is 1. The lowest BCUT2D eigenvalue weighted by atomic mass is 10.1. The molecular formula is C17H13N3O5S. The monoisotopic (exact) mass is 371 g/mol. The average Bonchev–Trinajstić information content (AvgIpc) is 2.99. The largest absolute Gasteiger partial charge is 0.486 e. The number of rotatable bonds is 3. The Balaban J connectivity index is 1.66. The number of ether oxygens (including phenoxy) is 2. The zero-order chi connectivity index (χ0) is 18.3. The number of benzene rings is 2. The zero-order valence-corrected chi connectivity index (χ0v) is 14.5. The van der Waals surface area contributed by atoms with Crippen molar-refractivity contribution in [1.29, 1.82) is 0 Å². The molecule has 1 aliphatic rings. The quantitative estimate of drug-likeness (QED) is 0.558. The SMILES string of the molecule is Cc1cccc(C(=O)Nc2nc3cc4c(cc3s2)OCCO4)c1[N+](=O)[O-]. The van der Waals surface area contributed by atoms with E-state index in [1.165, 1.54) is 17.4 Å². The number of anilines is 1. The molecule has 0 spiro atoms. The fraction of sp³-hybridized carbons (Fsp3) is 0.176. The predicted molar refractivity (Wildman–Crippen MR) is 96.4 cm³/mol. The standard InChI is InChI=1S/C17H13N3O5S/c1-9-3-2-4-10(15(9)20(22)23)16(21)19-17-18-11-7-12-13(8-14(11)26-17)25-6-5-24-12/h2-4,7-8H,5-6H2,1H3,(H,18,19,21). The fourth-order valence-electron chi connectivity index (χ4n) is 2.77. The van der Waals surface area contributed by atoms with Gasteiger partial charge in [0.2, 0.25) is 0 Å². The van der Waals surface area contributed by atoms with Gasteiger partial charge in [0.25, 0.3) is 11.6 Å². The molecule has 9 heteroatoms. The van der Waals surface area contributed by atoms with Crippen LogP contribution in [0.3, 0.4) is 0 Å². The number of amides is 1. The fourth-order valence-corrected chi connectivity index (χ4v) is 3.64. The van der Waals surface area contributed by atoms with Gasteiger partial charge in [0.15, 0.2) is 16.6 Å². The molecule has 0 radical (unpaired) electrons. The number of nitrogens with zero attached hydrogens (tertiary/aromatic N) is 2. The van der Waals surface area contributed by atoms with Gasteiger partial charge in [-0.3, -0.25) is 20.2 Å². The summed E-state index contributed by atoms with van der Waals surface area (Å²) in [5, 5.41) is 14.3. The van der Waals surface area contributed by atoms with Crippen molar-refractivity contribution in [1.82, 2.24) is 4.98 Å². The predicted octanol–water partition coefficient (Wildman–Crippen LogP) is 3.54. The number of fused-ring (bicyclic) bond motifs is 2. The van der Waals surface area contributed by atoms with Crippen LogP contribution >= 0.6 is 11.3 Å². The Kier molecular flexibility index (Phi) is 3.92. The van der Waals surface area contributed by atoms with Gasteiger partial charge in [-0.05, 0) is 13.0 Å². The van der Waals surface area contributed by atoms with Gasteiger partial charge >= 0.3 is 0 Å². The van der Waals surface area contributed by atoms with Crippen molar-refractivity contribution in [3.63, 3.8) is 0 Å². The van der Waals surface area contributed by atoms with Gasteiger partial charge in [-0.2, -0.15) is 0 Å². The van der Waals surface area contributed by atoms with E-state index < -0.39 is 10.8 Å². The third kappa shape index (κ3) is 2.82. The van der Waals surface area contributed by atoms with Gasteiger partial charge in [-0.25, -0.2) is 4.98 Å². The first-order chi connectivity index (χ1) is 12.5. The van der Waals surface area contributed by atoms with E-state index in [1.807, 2.05) is 6.07 Å². The molecule has 0 atom stereocenters. The second-order valence-electron chi connectivity index (χ2n) is 5.66. The molecule has 1 N–H and O–H groups in total. The first-order valence-corrected chi connectivity index (χ1v) is 8.60. The lowest BCUT2D eigenvalue weighted by Gasteiger charge is -2.17. The molecule has 0 fully saturated rings. The summed E-state index contributed by atoms with van der Waals surface area (Å²) in [6.45, 7) is 2.55. The van der Waals surface area contributed by atoms with Crippen molar-refractivity contribution in [2.24, 2.45) is 0 Å². The van der Waals surface area contributed by atoms with E-state index in [2.05, 4.69) is 10.3 Å². The number of nitro benzene ring substituents is 1. The third-order valence-corrected chi connectivity index (χ3v) is 4.87. The minimum Gasteiger partial charge on any atom is -0.486 e. The Morgan fingerprint density at radius 2 is 2.00 bits per heavy atom. The zero-order valence-electron chi connectivity index (χ0n) is 13.6. The van der Waals surface area contributed by atoms with Crippen molar-refractivity contribution in [3.05, 3.63) is 51.6 Å². The highest BCUT2D eigenvalue weighted by molar-refractivity contribution is 7.22. The van der Waals surface area contributed by atoms with Crippen LogP contribution in [-0.4, -0.2) is 29.0 Å². The number of aromatic nitrogens is 1. The number of hydrogen-bond donors (Lipinski definition) is 1. The first kappa shape index (κ1) is 16.3. The van der Waals surface area contributed by atoms with Crippen LogP contribution in [0, 0.1) is 17.0 Å². The van der Waals surface area contributed by atoms with Crippen LogP contribution in [-0.2, 0) is 0 Å². The molecule has 2 heterocycles. The molecule has 0 bridgehead atoms. The average molecular weight is 371 g/mol. The van der Waals surface area contributed by atoms with Crippen LogP contribution in [0.15, 0.2) is 30.3 Å². The Hall–Kier alpha value is -3.20. The molecule has 1 aromatic heterocycles. The summed E-state index contributed by atoms with van der Waals surface area (Å²) in [6.07, 6.45) is 0. The molecule has 1 amide bonds. The molecule has 2 aromatic carbocycles. The van der Waals surface area contributed by atoms with E-state index in [-0.39, 0.29) is 11.3 Å². The van der Waals surface area contributed by atoms with Crippen molar-refractivity contribution < 1.29 is 19.2 Å². The van der Waals surface area contributed by atoms with E-state index in [9.17, 15) is 14.9 Å². The maximum Gasteiger partial charge on any atom is 0.285 e. The molecule has 132 valence electrons. The Morgan fingerprint density at radius 1 is 1.27 bits per heavy atom. The minimum absolute atomic E-state index is 0.000201. The molecule has 4 rings (SSSR count). The second-order valence-corrected chi connectivity index (χ2v) is 6.70. The molecule has 0 saturated heterocycles. The molecule has 8 nitrogen and oxygen atoms in total. The number of hydrogen-bond acceptors (Lipinski definition) is 7. The lowest BCUT2D eigenvalue weighted by molar-refractivity contribution is -0.385. The number of para-hydroxylation sites is 1. The summed E-state index contributed by atoms with van der Waals surface area (Å²) >= 11 is 1.26. The van der Waals surface area contributed by atoms with Gasteiger partial charge in [0.1, 0.15) is 18.8 Å². The highest BCUT2D eigenvalue weighted by Crippen LogP contribution is 2.38. The number of thiazole rings is 1. The maximum absolute atomic E-state index is 12.5. The van der Waals surface area contributed by atoms with E-state index in [1.54, 1.807) is 25.1 Å². The number of carbonyl (C=O) groups excluding carboxylic acids is 1. The highest BCUT2D eigenvalue weighted by atomic mass is 32.1. The van der Waals surface area contributed by atoms with Crippen molar-refractivity contribution in [2.75, 3.05) is 18.5 Å². The summed E-state index contributed by atoms with van der Waals surface area (Å²) in [6, 6.07) is 8.20. The smallest absolute Gasteiger partial charge is 0.285 e. The molecule has 0 aliphatic carbocycles.